The summed E-state index contributed by atoms with van der Waals surface area (Å²) in [5, 5.41) is 9.46. The van der Waals surface area contributed by atoms with Crippen molar-refractivity contribution in [3.8, 4) is 0 Å². The molecule has 3 N–H and O–H groups in total. The summed E-state index contributed by atoms with van der Waals surface area (Å²) in [6, 6.07) is 0. The molecule has 0 saturated carbocycles. The second kappa shape index (κ2) is 30.9. The summed E-state index contributed by atoms with van der Waals surface area (Å²) in [7, 11) is 4.78. The molecule has 232 valence electrons. The number of carbonyl (C=O) groups excluding carboxylic acids is 2. The van der Waals surface area contributed by atoms with Gasteiger partial charge in [-0.3, -0.25) is 9.59 Å². The summed E-state index contributed by atoms with van der Waals surface area (Å²) in [6.45, 7) is 8.74. The Morgan fingerprint density at radius 2 is 1.26 bits per heavy atom. The van der Waals surface area contributed by atoms with Gasteiger partial charge in [0.2, 0.25) is 5.91 Å². The highest BCUT2D eigenvalue weighted by Crippen LogP contribution is 2.19. The quantitative estimate of drug-likeness (QED) is 0.0303. The van der Waals surface area contributed by atoms with Gasteiger partial charge in [0, 0.05) is 31.0 Å². The fourth-order valence-corrected chi connectivity index (χ4v) is 4.85. The zero-order chi connectivity index (χ0) is 30.9. The van der Waals surface area contributed by atoms with Crippen LogP contribution in [0, 0.1) is 0 Å². The van der Waals surface area contributed by atoms with Crippen LogP contribution in [0.4, 0.5) is 0 Å². The van der Waals surface area contributed by atoms with Gasteiger partial charge >= 0.3 is 5.91 Å². The van der Waals surface area contributed by atoms with Crippen LogP contribution in [-0.4, -0.2) is 55.4 Å². The van der Waals surface area contributed by atoms with E-state index < -0.39 is 0 Å². The number of allylic oxidation sites excluding steroid dienone is 12. The van der Waals surface area contributed by atoms with Gasteiger partial charge < -0.3 is 15.5 Å². The van der Waals surface area contributed by atoms with E-state index in [1.807, 2.05) is 0 Å². The van der Waals surface area contributed by atoms with Gasteiger partial charge in [0.05, 0.1) is 0 Å². The zero-order valence-electron chi connectivity index (χ0n) is 25.7. The maximum Gasteiger partial charge on any atom is 0.315 e. The fraction of sp³-hybridized carbons (Fsp3) is 0.455. The molecule has 0 bridgehead atoms. The van der Waals surface area contributed by atoms with Gasteiger partial charge in [0.25, 0.3) is 5.70 Å². The molecule has 0 aromatic rings. The largest absolute Gasteiger partial charge is 0.399 e. The molecule has 0 aromatic heterocycles. The molecule has 0 aromatic carbocycles. The Morgan fingerprint density at radius 1 is 0.786 bits per heavy atom. The number of carbonyl (C=O) groups is 2. The van der Waals surface area contributed by atoms with E-state index in [0.717, 1.165) is 56.5 Å². The normalized spacial score (nSPS) is 12.8. The van der Waals surface area contributed by atoms with Crippen LogP contribution in [0.25, 0.3) is 0 Å². The van der Waals surface area contributed by atoms with Crippen LogP contribution in [0.5, 0.6) is 0 Å². The summed E-state index contributed by atoms with van der Waals surface area (Å²) in [4.78, 5) is 31.3. The fourth-order valence-electron chi connectivity index (χ4n) is 3.03. The molecule has 9 heteroatoms. The van der Waals surface area contributed by atoms with Gasteiger partial charge in [-0.15, -0.1) is 0 Å². The Labute approximate surface area is 262 Å². The molecule has 42 heavy (non-hydrogen) atoms. The molecule has 0 atom stereocenters. The highest BCUT2D eigenvalue weighted by molar-refractivity contribution is 8.76. The number of oxime groups is 1. The molecule has 7 nitrogen and oxygen atoms in total. The van der Waals surface area contributed by atoms with Crippen LogP contribution < -0.4 is 15.6 Å². The summed E-state index contributed by atoms with van der Waals surface area (Å²) >= 11 is 0. The van der Waals surface area contributed by atoms with Crippen LogP contribution in [0.1, 0.15) is 65.2 Å². The Hall–Kier alpha value is -3.04. The molecule has 0 unspecified atom stereocenters. The summed E-state index contributed by atoms with van der Waals surface area (Å²) in [5.74, 6) is 1.38. The van der Waals surface area contributed by atoms with Crippen LogP contribution in [0.3, 0.4) is 0 Å². The first-order chi connectivity index (χ1) is 20.5. The zero-order valence-corrected chi connectivity index (χ0v) is 27.3. The summed E-state index contributed by atoms with van der Waals surface area (Å²) in [6.07, 6.45) is 34.8. The number of hydrogen-bond donors (Lipinski definition) is 3. The van der Waals surface area contributed by atoms with Crippen molar-refractivity contribution in [3.05, 3.63) is 85.2 Å². The van der Waals surface area contributed by atoms with Gasteiger partial charge in [-0.1, -0.05) is 107 Å². The van der Waals surface area contributed by atoms with Gasteiger partial charge in [-0.05, 0) is 58.4 Å². The predicted octanol–water partition coefficient (Wildman–Crippen LogP) is 5.77. The van der Waals surface area contributed by atoms with Crippen molar-refractivity contribution >= 4 is 45.3 Å². The third kappa shape index (κ3) is 28.5. The molecule has 0 aliphatic heterocycles. The van der Waals surface area contributed by atoms with Gasteiger partial charge in [-0.2, -0.15) is 0 Å². The van der Waals surface area contributed by atoms with Crippen molar-refractivity contribution in [1.29, 1.82) is 0 Å². The van der Waals surface area contributed by atoms with E-state index in [9.17, 15) is 9.59 Å². The minimum Gasteiger partial charge on any atom is -0.399 e. The number of rotatable bonds is 25. The molecule has 0 saturated heterocycles. The van der Waals surface area contributed by atoms with E-state index in [-0.39, 0.29) is 17.5 Å². The average Bonchev–Trinajstić information content (AvgIpc) is 2.98. The van der Waals surface area contributed by atoms with Crippen molar-refractivity contribution in [2.75, 3.05) is 31.7 Å². The molecule has 0 spiro atoms. The molecule has 0 rings (SSSR count). The van der Waals surface area contributed by atoms with E-state index in [4.69, 9.17) is 0 Å². The predicted molar refractivity (Wildman–Crippen MR) is 185 cm³/mol. The first-order valence-electron chi connectivity index (χ1n) is 14.6. The molecule has 0 fully saturated rings. The maximum atomic E-state index is 12.0. The smallest absolute Gasteiger partial charge is 0.315 e. The lowest BCUT2D eigenvalue weighted by molar-refractivity contribution is -0.383. The highest BCUT2D eigenvalue weighted by Gasteiger charge is 2.10. The molecule has 2 amide bonds. The van der Waals surface area contributed by atoms with Gasteiger partial charge in [0.1, 0.15) is 12.8 Å². The van der Waals surface area contributed by atoms with Crippen molar-refractivity contribution in [2.24, 2.45) is 5.16 Å². The minimum absolute atomic E-state index is 0.0704. The van der Waals surface area contributed by atoms with Crippen molar-refractivity contribution in [3.63, 3.8) is 0 Å². The monoisotopic (exact) mass is 615 g/mol. The van der Waals surface area contributed by atoms with Crippen molar-refractivity contribution in [2.45, 2.75) is 65.2 Å². The Morgan fingerprint density at radius 3 is 1.76 bits per heavy atom. The third-order valence-electron chi connectivity index (χ3n) is 5.16. The number of hydrogen-bond acceptors (Lipinski definition) is 6. The third-order valence-corrected chi connectivity index (χ3v) is 7.57. The Kier molecular flexibility index (Phi) is 28.7. The van der Waals surface area contributed by atoms with E-state index in [1.165, 1.54) is 7.11 Å². The topological polar surface area (TPSA) is 93.8 Å². The SMILES string of the molecule is C=C([NH+]=C/C(C)=N/OC)C(=O)NCCSSCCNC(=O)CC/C=C\C/C=C\C/C=C\C/C=C\C/C=C\C/C=C\CC. The second-order valence-electron chi connectivity index (χ2n) is 8.89. The highest BCUT2D eigenvalue weighted by atomic mass is 33.1. The van der Waals surface area contributed by atoms with E-state index in [2.05, 4.69) is 112 Å². The molecule has 0 radical (unpaired) electrons. The van der Waals surface area contributed by atoms with E-state index >= 15 is 0 Å². The van der Waals surface area contributed by atoms with E-state index in [0.29, 0.717) is 25.2 Å². The maximum absolute atomic E-state index is 12.0. The van der Waals surface area contributed by atoms with Crippen LogP contribution in [-0.2, 0) is 14.4 Å². The summed E-state index contributed by atoms with van der Waals surface area (Å²) < 4.78 is 0. The Bertz CT molecular complexity index is 980. The summed E-state index contributed by atoms with van der Waals surface area (Å²) in [5.41, 5.74) is 0.837. The standard InChI is InChI=1S/C33H50N4O3S2/c1-5-6-7-8-9-10-11-12-13-14-15-16-17-18-19-20-21-22-23-24-32(38)34-25-27-41-42-28-26-35-33(39)31(3)36-29-30(2)37-40-4/h6-7,9-10,12-13,15-16,18-19,21-22,29H,3,5,8,11,14,17,20,23-28H2,1-2,4H3,(H,34,38)(H,35,39)/p+1/b7-6-,10-9-,13-12-,16-15-,19-18-,22-21-,36-29?,37-30+. The lowest BCUT2D eigenvalue weighted by Crippen LogP contribution is -2.70. The van der Waals surface area contributed by atoms with Crippen LogP contribution >= 0.6 is 21.6 Å². The first kappa shape index (κ1) is 39.0. The van der Waals surface area contributed by atoms with Crippen LogP contribution in [0.15, 0.2) is 90.3 Å². The lowest BCUT2D eigenvalue weighted by atomic mass is 10.2. The number of amides is 2. The minimum atomic E-state index is -0.263. The molecule has 0 aliphatic carbocycles. The molecular formula is C33H51N4O3S2+. The van der Waals surface area contributed by atoms with Crippen LogP contribution in [0.2, 0.25) is 0 Å². The van der Waals surface area contributed by atoms with Gasteiger partial charge in [-0.25, -0.2) is 4.99 Å². The lowest BCUT2D eigenvalue weighted by Gasteiger charge is -2.04. The Balaban J connectivity index is 3.65. The first-order valence-corrected chi connectivity index (χ1v) is 17.1. The molecule has 0 heterocycles. The van der Waals surface area contributed by atoms with Crippen molar-refractivity contribution < 1.29 is 19.4 Å². The second-order valence-corrected chi connectivity index (χ2v) is 11.6. The average molecular weight is 616 g/mol. The molecular weight excluding hydrogens is 565 g/mol. The number of nitrogens with zero attached hydrogens (tertiary/aromatic N) is 1. The number of nitrogens with one attached hydrogen (secondary N) is 3. The molecule has 0 aliphatic rings. The van der Waals surface area contributed by atoms with Gasteiger partial charge in [0.15, 0.2) is 6.21 Å². The van der Waals surface area contributed by atoms with E-state index in [1.54, 1.807) is 34.7 Å². The van der Waals surface area contributed by atoms with Crippen molar-refractivity contribution in [1.82, 2.24) is 10.6 Å².